The van der Waals surface area contributed by atoms with Crippen LogP contribution in [0.1, 0.15) is 19.3 Å². The minimum atomic E-state index is -0.790. The van der Waals surface area contributed by atoms with Gasteiger partial charge in [-0.05, 0) is 25.3 Å². The number of carboxylic acids is 1. The first-order valence-electron chi connectivity index (χ1n) is 4.79. The first kappa shape index (κ1) is 10.5. The van der Waals surface area contributed by atoms with Gasteiger partial charge in [-0.25, -0.2) is 0 Å². The van der Waals surface area contributed by atoms with Crippen LogP contribution in [0.15, 0.2) is 0 Å². The molecule has 4 nitrogen and oxygen atoms in total. The molecular weight excluding hydrogens is 170 g/mol. The van der Waals surface area contributed by atoms with Gasteiger partial charge in [-0.1, -0.05) is 0 Å². The molecule has 1 saturated heterocycles. The Morgan fingerprint density at radius 2 is 2.46 bits per heavy atom. The fraction of sp³-hybridized carbons (Fsp3) is 0.889. The number of hydrogen-bond acceptors (Lipinski definition) is 3. The van der Waals surface area contributed by atoms with Crippen molar-refractivity contribution in [3.05, 3.63) is 0 Å². The van der Waals surface area contributed by atoms with Crippen LogP contribution in [0.3, 0.4) is 0 Å². The first-order chi connectivity index (χ1) is 6.29. The van der Waals surface area contributed by atoms with Crippen LogP contribution in [-0.2, 0) is 9.53 Å². The van der Waals surface area contributed by atoms with E-state index in [0.717, 1.165) is 13.1 Å². The van der Waals surface area contributed by atoms with Crippen molar-refractivity contribution in [2.75, 3.05) is 26.3 Å². The number of carboxylic acid groups (broad SMARTS) is 1. The Hall–Kier alpha value is -0.610. The summed E-state index contributed by atoms with van der Waals surface area (Å²) in [5, 5.41) is 11.6. The summed E-state index contributed by atoms with van der Waals surface area (Å²) >= 11 is 0. The fourth-order valence-electron chi connectivity index (χ4n) is 1.48. The molecule has 76 valence electrons. The van der Waals surface area contributed by atoms with Gasteiger partial charge in [-0.15, -0.1) is 0 Å². The monoisotopic (exact) mass is 187 g/mol. The predicted molar refractivity (Wildman–Crippen MR) is 48.7 cm³/mol. The molecule has 1 aliphatic heterocycles. The summed E-state index contributed by atoms with van der Waals surface area (Å²) in [6, 6.07) is 0. The van der Waals surface area contributed by atoms with Gasteiger partial charge in [0.15, 0.2) is 0 Å². The molecule has 0 aromatic carbocycles. The van der Waals surface area contributed by atoms with Crippen molar-refractivity contribution in [3.8, 4) is 0 Å². The third-order valence-electron chi connectivity index (χ3n) is 2.21. The van der Waals surface area contributed by atoms with Crippen molar-refractivity contribution in [2.45, 2.75) is 19.3 Å². The second-order valence-electron chi connectivity index (χ2n) is 3.43. The van der Waals surface area contributed by atoms with Crippen LogP contribution < -0.4 is 5.32 Å². The molecule has 4 heteroatoms. The Bertz CT molecular complexity index is 155. The zero-order chi connectivity index (χ0) is 9.52. The highest BCUT2D eigenvalue weighted by molar-refractivity contribution is 5.66. The number of ether oxygens (including phenoxy) is 1. The zero-order valence-electron chi connectivity index (χ0n) is 7.79. The number of rotatable bonds is 5. The van der Waals surface area contributed by atoms with Gasteiger partial charge in [-0.2, -0.15) is 0 Å². The molecule has 1 rings (SSSR count). The lowest BCUT2D eigenvalue weighted by Crippen LogP contribution is -2.32. The highest BCUT2D eigenvalue weighted by Crippen LogP contribution is 2.09. The third-order valence-corrected chi connectivity index (χ3v) is 2.21. The van der Waals surface area contributed by atoms with Gasteiger partial charge in [-0.3, -0.25) is 4.79 Å². The molecule has 0 radical (unpaired) electrons. The lowest BCUT2D eigenvalue weighted by molar-refractivity contribution is -0.138. The smallest absolute Gasteiger partial charge is 0.305 e. The van der Waals surface area contributed by atoms with Crippen molar-refractivity contribution in [2.24, 2.45) is 5.92 Å². The number of hydrogen-bond donors (Lipinski definition) is 2. The van der Waals surface area contributed by atoms with Crippen molar-refractivity contribution >= 4 is 5.97 Å². The first-order valence-corrected chi connectivity index (χ1v) is 4.79. The Labute approximate surface area is 78.3 Å². The maximum atomic E-state index is 10.2. The molecule has 1 heterocycles. The molecule has 0 saturated carbocycles. The zero-order valence-corrected chi connectivity index (χ0v) is 7.79. The van der Waals surface area contributed by atoms with Gasteiger partial charge < -0.3 is 15.2 Å². The van der Waals surface area contributed by atoms with Gasteiger partial charge >= 0.3 is 5.97 Å². The summed E-state index contributed by atoms with van der Waals surface area (Å²) < 4.78 is 5.26. The molecule has 0 aromatic heterocycles. The van der Waals surface area contributed by atoms with Crippen LogP contribution in [0, 0.1) is 5.92 Å². The van der Waals surface area contributed by atoms with E-state index in [4.69, 9.17) is 9.84 Å². The molecule has 0 bridgehead atoms. The topological polar surface area (TPSA) is 58.6 Å². The summed E-state index contributed by atoms with van der Waals surface area (Å²) in [4.78, 5) is 10.2. The second-order valence-corrected chi connectivity index (χ2v) is 3.43. The van der Waals surface area contributed by atoms with Crippen molar-refractivity contribution in [1.29, 1.82) is 0 Å². The molecular formula is C9H17NO3. The van der Waals surface area contributed by atoms with Gasteiger partial charge in [0.25, 0.3) is 0 Å². The van der Waals surface area contributed by atoms with E-state index in [0.29, 0.717) is 19.1 Å². The molecule has 1 aliphatic rings. The van der Waals surface area contributed by atoms with Gasteiger partial charge in [0.1, 0.15) is 0 Å². The summed E-state index contributed by atoms with van der Waals surface area (Å²) in [7, 11) is 0. The van der Waals surface area contributed by atoms with E-state index in [1.807, 2.05) is 0 Å². The van der Waals surface area contributed by atoms with E-state index in [1.54, 1.807) is 0 Å². The van der Waals surface area contributed by atoms with Crippen LogP contribution in [0.5, 0.6) is 0 Å². The average molecular weight is 187 g/mol. The third kappa shape index (κ3) is 4.85. The van der Waals surface area contributed by atoms with E-state index in [9.17, 15) is 4.79 Å². The summed E-state index contributed by atoms with van der Waals surface area (Å²) in [6.07, 6.45) is 2.51. The van der Waals surface area contributed by atoms with E-state index in [1.165, 1.54) is 12.8 Å². The maximum absolute atomic E-state index is 10.2. The molecule has 2 N–H and O–H groups in total. The van der Waals surface area contributed by atoms with Crippen LogP contribution in [-0.4, -0.2) is 37.4 Å². The van der Waals surface area contributed by atoms with Crippen molar-refractivity contribution in [3.63, 3.8) is 0 Å². The standard InChI is InChI=1S/C9H17NO3/c11-9(12)3-5-13-7-8-2-1-4-10-6-8/h8,10H,1-7H2,(H,11,12). The summed E-state index contributed by atoms with van der Waals surface area (Å²) in [5.74, 6) is -0.218. The number of piperidine rings is 1. The molecule has 1 atom stereocenters. The molecule has 0 spiro atoms. The maximum Gasteiger partial charge on any atom is 0.305 e. The second kappa shape index (κ2) is 5.94. The van der Waals surface area contributed by atoms with Crippen LogP contribution in [0.25, 0.3) is 0 Å². The van der Waals surface area contributed by atoms with E-state index in [2.05, 4.69) is 5.32 Å². The minimum absolute atomic E-state index is 0.111. The van der Waals surface area contributed by atoms with Gasteiger partial charge in [0.05, 0.1) is 19.6 Å². The fourth-order valence-corrected chi connectivity index (χ4v) is 1.48. The molecule has 0 aliphatic carbocycles. The normalized spacial score (nSPS) is 22.9. The average Bonchev–Trinajstić information content (AvgIpc) is 2.14. The molecule has 13 heavy (non-hydrogen) atoms. The SMILES string of the molecule is O=C(O)CCOCC1CCCNC1. The van der Waals surface area contributed by atoms with E-state index in [-0.39, 0.29) is 6.42 Å². The Morgan fingerprint density at radius 3 is 3.08 bits per heavy atom. The molecule has 1 fully saturated rings. The number of nitrogens with one attached hydrogen (secondary N) is 1. The number of carbonyl (C=O) groups is 1. The summed E-state index contributed by atoms with van der Waals surface area (Å²) in [5.41, 5.74) is 0. The summed E-state index contributed by atoms with van der Waals surface area (Å²) in [6.45, 7) is 3.14. The number of aliphatic carboxylic acids is 1. The van der Waals surface area contributed by atoms with E-state index < -0.39 is 5.97 Å². The van der Waals surface area contributed by atoms with Crippen LogP contribution >= 0.6 is 0 Å². The highest BCUT2D eigenvalue weighted by atomic mass is 16.5. The van der Waals surface area contributed by atoms with Crippen LogP contribution in [0.2, 0.25) is 0 Å². The Balaban J connectivity index is 1.95. The Morgan fingerprint density at radius 1 is 1.62 bits per heavy atom. The minimum Gasteiger partial charge on any atom is -0.481 e. The van der Waals surface area contributed by atoms with Gasteiger partial charge in [0, 0.05) is 6.54 Å². The largest absolute Gasteiger partial charge is 0.481 e. The van der Waals surface area contributed by atoms with Crippen molar-refractivity contribution < 1.29 is 14.6 Å². The van der Waals surface area contributed by atoms with E-state index >= 15 is 0 Å². The van der Waals surface area contributed by atoms with Crippen molar-refractivity contribution in [1.82, 2.24) is 5.32 Å². The molecule has 1 unspecified atom stereocenters. The Kier molecular flexibility index (Phi) is 4.78. The highest BCUT2D eigenvalue weighted by Gasteiger charge is 2.12. The van der Waals surface area contributed by atoms with Gasteiger partial charge in [0.2, 0.25) is 0 Å². The lowest BCUT2D eigenvalue weighted by atomic mass is 10.0. The lowest BCUT2D eigenvalue weighted by Gasteiger charge is -2.22. The molecule has 0 aromatic rings. The predicted octanol–water partition coefficient (Wildman–Crippen LogP) is 0.477. The molecule has 0 amide bonds. The quantitative estimate of drug-likeness (QED) is 0.614. The van der Waals surface area contributed by atoms with Crippen LogP contribution in [0.4, 0.5) is 0 Å².